The number of amides is 3. The molecule has 0 bridgehead atoms. The van der Waals surface area contributed by atoms with Crippen LogP contribution in [0.25, 0.3) is 0 Å². The average Bonchev–Trinajstić information content (AvgIpc) is 2.63. The molecule has 0 radical (unpaired) electrons. The van der Waals surface area contributed by atoms with E-state index >= 15 is 0 Å². The molecule has 28 heavy (non-hydrogen) atoms. The van der Waals surface area contributed by atoms with Crippen molar-refractivity contribution in [2.45, 2.75) is 9.79 Å². The fourth-order valence-corrected chi connectivity index (χ4v) is 3.90. The van der Waals surface area contributed by atoms with Crippen molar-refractivity contribution >= 4 is 46.6 Å². The summed E-state index contributed by atoms with van der Waals surface area (Å²) in [7, 11) is 8.97. The number of carbonyl (C=O) groups is 2. The maximum atomic E-state index is 12.9. The summed E-state index contributed by atoms with van der Waals surface area (Å²) in [6, 6.07) is 10.8. The van der Waals surface area contributed by atoms with Gasteiger partial charge in [-0.25, -0.2) is 4.79 Å². The van der Waals surface area contributed by atoms with Gasteiger partial charge in [0.15, 0.2) is 0 Å². The minimum atomic E-state index is -1.55. The zero-order valence-corrected chi connectivity index (χ0v) is 19.7. The molecule has 9 heteroatoms. The second-order valence-electron chi connectivity index (χ2n) is 6.64. The van der Waals surface area contributed by atoms with E-state index in [2.05, 4.69) is 0 Å². The number of hydrogen-bond acceptors (Lipinski definition) is 6. The van der Waals surface area contributed by atoms with E-state index in [9.17, 15) is 14.7 Å². The van der Waals surface area contributed by atoms with Crippen LogP contribution in [-0.2, 0) is 0 Å². The molecule has 3 rings (SSSR count). The molecular weight excluding hydrogens is 387 g/mol. The molecule has 0 spiro atoms. The van der Waals surface area contributed by atoms with Gasteiger partial charge in [0.2, 0.25) is 0 Å². The number of imide groups is 1. The summed E-state index contributed by atoms with van der Waals surface area (Å²) < 4.78 is 0. The fraction of sp³-hybridized carbons (Fsp3) is 0.263. The maximum absolute atomic E-state index is 12.9. The second-order valence-corrected chi connectivity index (χ2v) is 7.72. The third kappa shape index (κ3) is 4.10. The summed E-state index contributed by atoms with van der Waals surface area (Å²) in [6.45, 7) is 0. The Balaban J connectivity index is 0.00000280. The number of carboxylic acid groups (broad SMARTS) is 1. The molecule has 3 amide bonds. The van der Waals surface area contributed by atoms with Crippen molar-refractivity contribution in [2.75, 3.05) is 49.9 Å². The molecule has 1 aliphatic heterocycles. The standard InChI is InChI=1S/C19H22N4O3S.Na/c1-20(2)12-6-8-14-16(10-12)27-17-11-13(21(3)4)7-9-15(17)23(14)18(24)22(5)19(25)26;/h6-11H,1-5H3,(H,25,26);/q;+1/p-1. The smallest absolute Gasteiger partial charge is 0.530 e. The van der Waals surface area contributed by atoms with Crippen LogP contribution in [0, 0.1) is 0 Å². The van der Waals surface area contributed by atoms with Gasteiger partial charge in [0.25, 0.3) is 0 Å². The number of hydrogen-bond donors (Lipinski definition) is 0. The van der Waals surface area contributed by atoms with E-state index in [-0.39, 0.29) is 29.6 Å². The number of fused-ring (bicyclic) bond motifs is 2. The molecule has 2 aromatic rings. The Bertz CT molecular complexity index is 863. The van der Waals surface area contributed by atoms with Crippen molar-refractivity contribution in [3.8, 4) is 0 Å². The quantitative estimate of drug-likeness (QED) is 0.643. The van der Waals surface area contributed by atoms with E-state index in [1.54, 1.807) is 11.8 Å². The van der Waals surface area contributed by atoms with Crippen LogP contribution in [0.1, 0.15) is 0 Å². The molecule has 0 atom stereocenters. The Hall–Kier alpha value is -1.87. The van der Waals surface area contributed by atoms with Gasteiger partial charge in [-0.2, -0.15) is 0 Å². The third-order valence-corrected chi connectivity index (χ3v) is 5.47. The summed E-state index contributed by atoms with van der Waals surface area (Å²) in [5, 5.41) is 11.2. The summed E-state index contributed by atoms with van der Waals surface area (Å²) >= 11 is 1.56. The molecule has 7 nitrogen and oxygen atoms in total. The van der Waals surface area contributed by atoms with Crippen molar-refractivity contribution in [3.63, 3.8) is 0 Å². The molecular formula is C19H21N4NaO3S. The Morgan fingerprint density at radius 1 is 0.857 bits per heavy atom. The van der Waals surface area contributed by atoms with Crippen LogP contribution in [0.5, 0.6) is 0 Å². The van der Waals surface area contributed by atoms with Gasteiger partial charge in [-0.05, 0) is 36.4 Å². The van der Waals surface area contributed by atoms with Gasteiger partial charge in [0.1, 0.15) is 6.09 Å². The van der Waals surface area contributed by atoms with Gasteiger partial charge in [0.05, 0.1) is 11.4 Å². The minimum Gasteiger partial charge on any atom is -0.530 e. The average molecular weight is 408 g/mol. The van der Waals surface area contributed by atoms with Crippen LogP contribution in [0.15, 0.2) is 46.2 Å². The van der Waals surface area contributed by atoms with E-state index in [0.29, 0.717) is 16.3 Å². The van der Waals surface area contributed by atoms with Gasteiger partial charge >= 0.3 is 35.6 Å². The van der Waals surface area contributed by atoms with Gasteiger partial charge in [-0.1, -0.05) is 11.8 Å². The summed E-state index contributed by atoms with van der Waals surface area (Å²) in [6.07, 6.45) is -1.55. The largest absolute Gasteiger partial charge is 1.00 e. The molecule has 0 aliphatic carbocycles. The van der Waals surface area contributed by atoms with Crippen molar-refractivity contribution in [2.24, 2.45) is 0 Å². The number of rotatable bonds is 2. The summed E-state index contributed by atoms with van der Waals surface area (Å²) in [4.78, 5) is 31.9. The van der Waals surface area contributed by atoms with Crippen molar-refractivity contribution in [1.29, 1.82) is 0 Å². The van der Waals surface area contributed by atoms with Gasteiger partial charge < -0.3 is 19.7 Å². The van der Waals surface area contributed by atoms with Crippen molar-refractivity contribution in [3.05, 3.63) is 36.4 Å². The Morgan fingerprint density at radius 2 is 1.29 bits per heavy atom. The predicted molar refractivity (Wildman–Crippen MR) is 106 cm³/mol. The Morgan fingerprint density at radius 3 is 1.64 bits per heavy atom. The van der Waals surface area contributed by atoms with E-state index in [1.165, 1.54) is 11.9 Å². The first-order valence-electron chi connectivity index (χ1n) is 8.30. The number of urea groups is 1. The number of benzene rings is 2. The van der Waals surface area contributed by atoms with E-state index < -0.39 is 12.1 Å². The van der Waals surface area contributed by atoms with Crippen LogP contribution >= 0.6 is 11.8 Å². The monoisotopic (exact) mass is 408 g/mol. The van der Waals surface area contributed by atoms with Gasteiger partial charge in [-0.3, -0.25) is 9.80 Å². The summed E-state index contributed by atoms with van der Waals surface area (Å²) in [5.41, 5.74) is 3.28. The van der Waals surface area contributed by atoms with Crippen LogP contribution in [0.3, 0.4) is 0 Å². The molecule has 142 valence electrons. The molecule has 0 saturated carbocycles. The van der Waals surface area contributed by atoms with Gasteiger partial charge in [0, 0.05) is 56.4 Å². The van der Waals surface area contributed by atoms with Crippen LogP contribution in [0.2, 0.25) is 0 Å². The first kappa shape index (κ1) is 22.4. The fourth-order valence-electron chi connectivity index (χ4n) is 2.78. The van der Waals surface area contributed by atoms with Crippen LogP contribution in [-0.4, -0.2) is 52.3 Å². The zero-order valence-electron chi connectivity index (χ0n) is 16.9. The first-order valence-corrected chi connectivity index (χ1v) is 9.11. The minimum absolute atomic E-state index is 0. The topological polar surface area (TPSA) is 70.2 Å². The molecule has 0 saturated heterocycles. The van der Waals surface area contributed by atoms with Gasteiger partial charge in [-0.15, -0.1) is 0 Å². The number of carbonyl (C=O) groups excluding carboxylic acids is 2. The van der Waals surface area contributed by atoms with Crippen molar-refractivity contribution in [1.82, 2.24) is 4.90 Å². The van der Waals surface area contributed by atoms with E-state index in [1.807, 2.05) is 74.4 Å². The molecule has 0 N–H and O–H groups in total. The van der Waals surface area contributed by atoms with Crippen molar-refractivity contribution < 1.29 is 44.3 Å². The van der Waals surface area contributed by atoms with E-state index in [4.69, 9.17) is 0 Å². The molecule has 1 heterocycles. The number of nitrogens with zero attached hydrogens (tertiary/aromatic N) is 4. The predicted octanol–water partition coefficient (Wildman–Crippen LogP) is -0.180. The normalized spacial score (nSPS) is 11.7. The molecule has 0 unspecified atom stereocenters. The summed E-state index contributed by atoms with van der Waals surface area (Å²) in [5.74, 6) is 0. The molecule has 0 fully saturated rings. The van der Waals surface area contributed by atoms with Crippen LogP contribution < -0.4 is 49.4 Å². The molecule has 0 aromatic heterocycles. The SMILES string of the molecule is CN(C(=O)[O-])C(=O)N1c2ccc(N(C)C)cc2Sc2cc(N(C)C)ccc21.[Na+]. The van der Waals surface area contributed by atoms with Crippen LogP contribution in [0.4, 0.5) is 32.3 Å². The Kier molecular flexibility index (Phi) is 6.93. The number of anilines is 4. The second kappa shape index (κ2) is 8.65. The molecule has 1 aliphatic rings. The first-order chi connectivity index (χ1) is 12.7. The third-order valence-electron chi connectivity index (χ3n) is 4.37. The maximum Gasteiger partial charge on any atom is 1.00 e. The molecule has 2 aromatic carbocycles. The Labute approximate surface area is 191 Å². The van der Waals surface area contributed by atoms with E-state index in [0.717, 1.165) is 21.2 Å². The zero-order chi connectivity index (χ0) is 19.9.